The molecule has 1 aliphatic rings. The first-order valence-electron chi connectivity index (χ1n) is 10.6. The molecule has 0 radical (unpaired) electrons. The number of thiophene rings is 1. The van der Waals surface area contributed by atoms with E-state index in [9.17, 15) is 9.59 Å². The van der Waals surface area contributed by atoms with Crippen molar-refractivity contribution in [2.24, 2.45) is 5.92 Å². The van der Waals surface area contributed by atoms with Crippen LogP contribution in [0.25, 0.3) is 15.9 Å². The van der Waals surface area contributed by atoms with E-state index in [-0.39, 0.29) is 24.1 Å². The molecule has 1 aliphatic carbocycles. The first-order valence-corrected chi connectivity index (χ1v) is 12.4. The van der Waals surface area contributed by atoms with Crippen LogP contribution in [0.5, 0.6) is 0 Å². The predicted molar refractivity (Wildman–Crippen MR) is 122 cm³/mol. The van der Waals surface area contributed by atoms with Gasteiger partial charge in [0.2, 0.25) is 5.91 Å². The Bertz CT molecular complexity index is 1140. The lowest BCUT2D eigenvalue weighted by Gasteiger charge is -2.17. The number of fused-ring (bicyclic) bond motifs is 5. The Morgan fingerprint density at radius 2 is 2.16 bits per heavy atom. The molecule has 3 aromatic heterocycles. The summed E-state index contributed by atoms with van der Waals surface area (Å²) >= 11 is 3.08. The maximum Gasteiger partial charge on any atom is 0.325 e. The number of ether oxygens (including phenoxy) is 1. The van der Waals surface area contributed by atoms with Crippen molar-refractivity contribution < 1.29 is 14.3 Å². The van der Waals surface area contributed by atoms with Crippen LogP contribution in [0.1, 0.15) is 56.3 Å². The fraction of sp³-hybridized carbons (Fsp3) is 0.571. The second-order valence-corrected chi connectivity index (χ2v) is 10.2. The highest BCUT2D eigenvalue weighted by Gasteiger charge is 2.26. The molecule has 0 aromatic carbocycles. The van der Waals surface area contributed by atoms with E-state index >= 15 is 0 Å². The molecule has 0 saturated carbocycles. The second kappa shape index (κ2) is 9.12. The average Bonchev–Trinajstić information content (AvgIpc) is 3.30. The highest BCUT2D eigenvalue weighted by Crippen LogP contribution is 2.40. The summed E-state index contributed by atoms with van der Waals surface area (Å²) in [4.78, 5) is 31.1. The van der Waals surface area contributed by atoms with Gasteiger partial charge < -0.3 is 10.1 Å². The van der Waals surface area contributed by atoms with Gasteiger partial charge in [-0.3, -0.25) is 14.0 Å². The van der Waals surface area contributed by atoms with Gasteiger partial charge in [0.25, 0.3) is 0 Å². The Labute approximate surface area is 189 Å². The van der Waals surface area contributed by atoms with Gasteiger partial charge in [0.05, 0.1) is 17.7 Å². The molecule has 0 fully saturated rings. The van der Waals surface area contributed by atoms with E-state index in [1.165, 1.54) is 28.6 Å². The molecule has 0 unspecified atom stereocenters. The first-order chi connectivity index (χ1) is 14.9. The molecule has 0 aliphatic heterocycles. The van der Waals surface area contributed by atoms with Crippen molar-refractivity contribution in [3.8, 4) is 0 Å². The average molecular weight is 462 g/mol. The molecule has 0 bridgehead atoms. The van der Waals surface area contributed by atoms with Gasteiger partial charge in [-0.2, -0.15) is 0 Å². The largest absolute Gasteiger partial charge is 0.465 e. The van der Waals surface area contributed by atoms with Gasteiger partial charge >= 0.3 is 5.97 Å². The van der Waals surface area contributed by atoms with E-state index in [1.54, 1.807) is 18.3 Å². The summed E-state index contributed by atoms with van der Waals surface area (Å²) in [5.74, 6) is 1.20. The number of hydrogen-bond acceptors (Lipinski definition) is 8. The van der Waals surface area contributed by atoms with Gasteiger partial charge in [-0.25, -0.2) is 4.98 Å². The minimum Gasteiger partial charge on any atom is -0.465 e. The molecule has 10 heteroatoms. The van der Waals surface area contributed by atoms with Crippen molar-refractivity contribution in [2.75, 3.05) is 18.9 Å². The van der Waals surface area contributed by atoms with Crippen molar-refractivity contribution in [2.45, 2.75) is 58.0 Å². The number of nitrogens with zero attached hydrogens (tertiary/aromatic N) is 4. The molecule has 4 rings (SSSR count). The number of thioether (sulfide) groups is 1. The molecular weight excluding hydrogens is 434 g/mol. The van der Waals surface area contributed by atoms with E-state index in [1.807, 2.05) is 4.40 Å². The van der Waals surface area contributed by atoms with Crippen LogP contribution in [-0.4, -0.2) is 50.4 Å². The van der Waals surface area contributed by atoms with Crippen molar-refractivity contribution in [1.29, 1.82) is 0 Å². The number of carbonyl (C=O) groups excluding carboxylic acids is 2. The lowest BCUT2D eigenvalue weighted by Crippen LogP contribution is -2.31. The zero-order valence-electron chi connectivity index (χ0n) is 18.2. The summed E-state index contributed by atoms with van der Waals surface area (Å²) in [6.07, 6.45) is 3.31. The molecule has 3 heterocycles. The van der Waals surface area contributed by atoms with E-state index in [2.05, 4.69) is 36.3 Å². The predicted octanol–water partition coefficient (Wildman–Crippen LogP) is 3.36. The molecule has 8 nitrogen and oxygen atoms in total. The number of carbonyl (C=O) groups is 2. The van der Waals surface area contributed by atoms with Crippen LogP contribution in [0.15, 0.2) is 5.16 Å². The zero-order chi connectivity index (χ0) is 22.1. The third-order valence-corrected chi connectivity index (χ3v) is 7.46. The molecule has 1 atom stereocenters. The Morgan fingerprint density at radius 3 is 2.90 bits per heavy atom. The Kier molecular flexibility index (Phi) is 6.47. The van der Waals surface area contributed by atoms with Crippen LogP contribution in [0, 0.1) is 5.92 Å². The molecule has 1 N–H and O–H groups in total. The van der Waals surface area contributed by atoms with Gasteiger partial charge in [-0.05, 0) is 37.7 Å². The van der Waals surface area contributed by atoms with E-state index < -0.39 is 5.97 Å². The van der Waals surface area contributed by atoms with Crippen molar-refractivity contribution in [3.63, 3.8) is 0 Å². The smallest absolute Gasteiger partial charge is 0.325 e. The summed E-state index contributed by atoms with van der Waals surface area (Å²) in [7, 11) is 0. The van der Waals surface area contributed by atoms with Gasteiger partial charge in [-0.1, -0.05) is 32.5 Å². The summed E-state index contributed by atoms with van der Waals surface area (Å²) in [5.41, 5.74) is 2.19. The summed E-state index contributed by atoms with van der Waals surface area (Å²) in [6.45, 7) is 8.39. The normalized spacial score (nSPS) is 16.1. The molecule has 166 valence electrons. The first kappa shape index (κ1) is 22.0. The van der Waals surface area contributed by atoms with Crippen LogP contribution in [0.2, 0.25) is 0 Å². The number of nitrogens with one attached hydrogen (secondary N) is 1. The second-order valence-electron chi connectivity index (χ2n) is 8.17. The number of rotatable bonds is 7. The minimum atomic E-state index is -0.445. The van der Waals surface area contributed by atoms with Gasteiger partial charge in [0.1, 0.15) is 17.2 Å². The summed E-state index contributed by atoms with van der Waals surface area (Å²) in [6, 6.07) is 0. The van der Waals surface area contributed by atoms with Crippen LogP contribution in [-0.2, 0) is 27.2 Å². The maximum atomic E-state index is 12.2. The van der Waals surface area contributed by atoms with E-state index in [0.717, 1.165) is 34.5 Å². The van der Waals surface area contributed by atoms with E-state index in [0.29, 0.717) is 17.7 Å². The standard InChI is InChI=1S/C21H27N5O3S2/c1-5-29-16(28)9-22-15(27)10-30-21-25-24-19-17-13-7-6-12(4)8-14(13)31-20(17)23-18(11(2)3)26(19)21/h11-12H,5-10H2,1-4H3,(H,22,27)/t12-/m0/s1. The number of aromatic nitrogens is 4. The van der Waals surface area contributed by atoms with Crippen LogP contribution in [0.3, 0.4) is 0 Å². The van der Waals surface area contributed by atoms with Gasteiger partial charge in [0.15, 0.2) is 10.8 Å². The highest BCUT2D eigenvalue weighted by atomic mass is 32.2. The fourth-order valence-electron chi connectivity index (χ4n) is 3.88. The lowest BCUT2D eigenvalue weighted by atomic mass is 9.89. The minimum absolute atomic E-state index is 0.132. The van der Waals surface area contributed by atoms with Crippen LogP contribution < -0.4 is 5.32 Å². The molecule has 0 spiro atoms. The number of amides is 1. The fourth-order valence-corrected chi connectivity index (χ4v) is 6.04. The molecule has 0 saturated heterocycles. The van der Waals surface area contributed by atoms with Crippen LogP contribution >= 0.6 is 23.1 Å². The van der Waals surface area contributed by atoms with Gasteiger partial charge in [-0.15, -0.1) is 21.5 Å². The monoisotopic (exact) mass is 461 g/mol. The summed E-state index contributed by atoms with van der Waals surface area (Å²) in [5, 5.41) is 13.3. The number of hydrogen-bond donors (Lipinski definition) is 1. The third-order valence-electron chi connectivity index (χ3n) is 5.38. The summed E-state index contributed by atoms with van der Waals surface area (Å²) < 4.78 is 6.83. The maximum absolute atomic E-state index is 12.2. The Morgan fingerprint density at radius 1 is 1.35 bits per heavy atom. The highest BCUT2D eigenvalue weighted by molar-refractivity contribution is 7.99. The number of esters is 1. The van der Waals surface area contributed by atoms with Crippen molar-refractivity contribution >= 4 is 50.8 Å². The number of aryl methyl sites for hydroxylation is 1. The van der Waals surface area contributed by atoms with Crippen LogP contribution in [0.4, 0.5) is 0 Å². The van der Waals surface area contributed by atoms with Crippen molar-refractivity contribution in [1.82, 2.24) is 24.9 Å². The molecular formula is C21H27N5O3S2. The van der Waals surface area contributed by atoms with Gasteiger partial charge in [0, 0.05) is 10.8 Å². The topological polar surface area (TPSA) is 98.5 Å². The third kappa shape index (κ3) is 4.41. The van der Waals surface area contributed by atoms with Crippen molar-refractivity contribution in [3.05, 3.63) is 16.3 Å². The molecule has 3 aromatic rings. The Balaban J connectivity index is 1.64. The molecule has 31 heavy (non-hydrogen) atoms. The quantitative estimate of drug-likeness (QED) is 0.425. The SMILES string of the molecule is CCOC(=O)CNC(=O)CSc1nnc2c3c4c(sc3nc(C(C)C)n12)C[C@@H](C)CC4. The van der Waals surface area contributed by atoms with E-state index in [4.69, 9.17) is 9.72 Å². The molecule has 1 amide bonds. The lowest BCUT2D eigenvalue weighted by molar-refractivity contribution is -0.143. The Hall–Kier alpha value is -2.20. The zero-order valence-corrected chi connectivity index (χ0v) is 19.9.